The molecule has 0 aliphatic heterocycles. The fourth-order valence-electron chi connectivity index (χ4n) is 1.47. The number of hydrogen-bond donors (Lipinski definition) is 1. The first-order valence-electron chi connectivity index (χ1n) is 6.04. The van der Waals surface area contributed by atoms with Gasteiger partial charge in [-0.05, 0) is 26.8 Å². The van der Waals surface area contributed by atoms with Crippen LogP contribution in [-0.4, -0.2) is 30.7 Å². The molecule has 6 heteroatoms. The van der Waals surface area contributed by atoms with Gasteiger partial charge in [0, 0.05) is 24.2 Å². The van der Waals surface area contributed by atoms with Gasteiger partial charge in [-0.25, -0.2) is 0 Å². The van der Waals surface area contributed by atoms with Gasteiger partial charge in [0.15, 0.2) is 0 Å². The third-order valence-electron chi connectivity index (χ3n) is 2.38. The molecule has 0 saturated carbocycles. The first-order valence-corrected chi connectivity index (χ1v) is 6.04. The molecule has 0 atom stereocenters. The quantitative estimate of drug-likeness (QED) is 0.487. The Morgan fingerprint density at radius 2 is 2.05 bits per heavy atom. The monoisotopic (exact) mass is 268 g/mol. The van der Waals surface area contributed by atoms with Gasteiger partial charge in [0.05, 0.1) is 12.0 Å². The van der Waals surface area contributed by atoms with E-state index in [1.165, 1.54) is 19.2 Å². The van der Waals surface area contributed by atoms with Crippen molar-refractivity contribution < 1.29 is 14.4 Å². The number of rotatable bonds is 6. The third-order valence-corrected chi connectivity index (χ3v) is 2.38. The molecule has 0 radical (unpaired) electrons. The molecule has 0 spiro atoms. The van der Waals surface area contributed by atoms with Gasteiger partial charge in [-0.3, -0.25) is 10.1 Å². The van der Waals surface area contributed by atoms with Crippen LogP contribution in [0, 0.1) is 10.1 Å². The minimum Gasteiger partial charge on any atom is -0.497 e. The highest BCUT2D eigenvalue weighted by molar-refractivity contribution is 5.50. The van der Waals surface area contributed by atoms with E-state index in [9.17, 15) is 10.1 Å². The second-order valence-electron chi connectivity index (χ2n) is 5.12. The summed E-state index contributed by atoms with van der Waals surface area (Å²) in [6, 6.07) is 4.44. The van der Waals surface area contributed by atoms with Gasteiger partial charge in [-0.2, -0.15) is 0 Å². The van der Waals surface area contributed by atoms with Crippen LogP contribution in [0.25, 0.3) is 0 Å². The summed E-state index contributed by atoms with van der Waals surface area (Å²) < 4.78 is 10.5. The Hall–Kier alpha value is -1.82. The molecule has 0 aliphatic carbocycles. The number of nitro groups is 1. The van der Waals surface area contributed by atoms with Crippen LogP contribution in [0.5, 0.6) is 11.5 Å². The van der Waals surface area contributed by atoms with Crippen molar-refractivity contribution in [1.29, 1.82) is 0 Å². The minimum atomic E-state index is -0.466. The van der Waals surface area contributed by atoms with Crippen molar-refractivity contribution in [3.63, 3.8) is 0 Å². The minimum absolute atomic E-state index is 0.0102. The van der Waals surface area contributed by atoms with Crippen LogP contribution in [0.15, 0.2) is 18.2 Å². The Labute approximate surface area is 112 Å². The van der Waals surface area contributed by atoms with E-state index in [0.29, 0.717) is 18.9 Å². The maximum Gasteiger partial charge on any atom is 0.311 e. The van der Waals surface area contributed by atoms with E-state index in [0.717, 1.165) is 0 Å². The highest BCUT2D eigenvalue weighted by Crippen LogP contribution is 2.30. The number of methoxy groups -OCH3 is 1. The molecule has 19 heavy (non-hydrogen) atoms. The zero-order valence-corrected chi connectivity index (χ0v) is 11.7. The number of benzene rings is 1. The molecule has 0 unspecified atom stereocenters. The van der Waals surface area contributed by atoms with E-state index in [1.54, 1.807) is 6.07 Å². The van der Waals surface area contributed by atoms with Gasteiger partial charge in [0.1, 0.15) is 12.4 Å². The van der Waals surface area contributed by atoms with Crippen LogP contribution in [-0.2, 0) is 0 Å². The van der Waals surface area contributed by atoms with Crippen LogP contribution < -0.4 is 14.8 Å². The lowest BCUT2D eigenvalue weighted by molar-refractivity contribution is -0.385. The predicted octanol–water partition coefficient (Wildman–Crippen LogP) is 2.37. The van der Waals surface area contributed by atoms with Crippen LogP contribution >= 0.6 is 0 Å². The molecule has 1 N–H and O–H groups in total. The summed E-state index contributed by atoms with van der Waals surface area (Å²) in [6.07, 6.45) is 0. The maximum atomic E-state index is 10.9. The van der Waals surface area contributed by atoms with Gasteiger partial charge in [0.2, 0.25) is 5.75 Å². The smallest absolute Gasteiger partial charge is 0.311 e. The molecule has 0 aromatic heterocycles. The van der Waals surface area contributed by atoms with Gasteiger partial charge in [0.25, 0.3) is 0 Å². The molecule has 0 bridgehead atoms. The zero-order chi connectivity index (χ0) is 14.5. The number of hydrogen-bond acceptors (Lipinski definition) is 5. The van der Waals surface area contributed by atoms with E-state index < -0.39 is 4.92 Å². The van der Waals surface area contributed by atoms with Gasteiger partial charge >= 0.3 is 5.69 Å². The highest BCUT2D eigenvalue weighted by atomic mass is 16.6. The Morgan fingerprint density at radius 1 is 1.37 bits per heavy atom. The largest absolute Gasteiger partial charge is 0.497 e. The molecular formula is C13H20N2O4. The van der Waals surface area contributed by atoms with Crippen LogP contribution in [0.1, 0.15) is 20.8 Å². The van der Waals surface area contributed by atoms with Crippen LogP contribution in [0.2, 0.25) is 0 Å². The van der Waals surface area contributed by atoms with Gasteiger partial charge < -0.3 is 14.8 Å². The summed E-state index contributed by atoms with van der Waals surface area (Å²) in [5.41, 5.74) is -0.0690. The van der Waals surface area contributed by atoms with E-state index in [2.05, 4.69) is 5.32 Å². The predicted molar refractivity (Wildman–Crippen MR) is 72.9 cm³/mol. The average Bonchev–Trinajstić information content (AvgIpc) is 2.33. The van der Waals surface area contributed by atoms with Crippen molar-refractivity contribution in [2.75, 3.05) is 20.3 Å². The molecule has 0 amide bonds. The van der Waals surface area contributed by atoms with Gasteiger partial charge in [-0.1, -0.05) is 0 Å². The summed E-state index contributed by atoms with van der Waals surface area (Å²) in [4.78, 5) is 10.4. The van der Waals surface area contributed by atoms with Gasteiger partial charge in [-0.15, -0.1) is 0 Å². The summed E-state index contributed by atoms with van der Waals surface area (Å²) in [5, 5.41) is 14.1. The topological polar surface area (TPSA) is 73.6 Å². The Balaban J connectivity index is 2.67. The third kappa shape index (κ3) is 5.13. The molecule has 0 heterocycles. The second kappa shape index (κ2) is 6.38. The van der Waals surface area contributed by atoms with E-state index >= 15 is 0 Å². The normalized spacial score (nSPS) is 11.2. The highest BCUT2D eigenvalue weighted by Gasteiger charge is 2.16. The summed E-state index contributed by atoms with van der Waals surface area (Å²) in [7, 11) is 1.51. The SMILES string of the molecule is COc1ccc([N+](=O)[O-])c(OCCNC(C)(C)C)c1. The van der Waals surface area contributed by atoms with E-state index in [-0.39, 0.29) is 17.0 Å². The average molecular weight is 268 g/mol. The van der Waals surface area contributed by atoms with Crippen LogP contribution in [0.4, 0.5) is 5.69 Å². The van der Waals surface area contributed by atoms with Crippen molar-refractivity contribution in [2.45, 2.75) is 26.3 Å². The summed E-state index contributed by atoms with van der Waals surface area (Å²) in [6.45, 7) is 7.09. The fraction of sp³-hybridized carbons (Fsp3) is 0.538. The standard InChI is InChI=1S/C13H20N2O4/c1-13(2,3)14-7-8-19-12-9-10(18-4)5-6-11(12)15(16)17/h5-6,9,14H,7-8H2,1-4H3. The Bertz CT molecular complexity index is 441. The van der Waals surface area contributed by atoms with Crippen molar-refractivity contribution in [3.8, 4) is 11.5 Å². The second-order valence-corrected chi connectivity index (χ2v) is 5.12. The molecule has 6 nitrogen and oxygen atoms in total. The molecule has 0 saturated heterocycles. The molecule has 1 aromatic carbocycles. The lowest BCUT2D eigenvalue weighted by Crippen LogP contribution is -2.38. The number of nitro benzene ring substituents is 1. The zero-order valence-electron chi connectivity index (χ0n) is 11.7. The van der Waals surface area contributed by atoms with Crippen molar-refractivity contribution in [1.82, 2.24) is 5.32 Å². The van der Waals surface area contributed by atoms with E-state index in [1.807, 2.05) is 20.8 Å². The van der Waals surface area contributed by atoms with Crippen molar-refractivity contribution >= 4 is 5.69 Å². The maximum absolute atomic E-state index is 10.9. The molecule has 0 aliphatic rings. The van der Waals surface area contributed by atoms with Crippen LogP contribution in [0.3, 0.4) is 0 Å². The number of ether oxygens (including phenoxy) is 2. The summed E-state index contributed by atoms with van der Waals surface area (Å²) >= 11 is 0. The molecule has 0 fully saturated rings. The number of nitrogens with one attached hydrogen (secondary N) is 1. The lowest BCUT2D eigenvalue weighted by atomic mass is 10.1. The first-order chi connectivity index (χ1) is 8.83. The molecular weight excluding hydrogens is 248 g/mol. The summed E-state index contributed by atoms with van der Waals surface area (Å²) in [5.74, 6) is 0.754. The van der Waals surface area contributed by atoms with Crippen molar-refractivity contribution in [3.05, 3.63) is 28.3 Å². The lowest BCUT2D eigenvalue weighted by Gasteiger charge is -2.20. The van der Waals surface area contributed by atoms with Crippen molar-refractivity contribution in [2.24, 2.45) is 0 Å². The molecule has 1 aromatic rings. The molecule has 1 rings (SSSR count). The fourth-order valence-corrected chi connectivity index (χ4v) is 1.47. The number of nitrogens with zero attached hydrogens (tertiary/aromatic N) is 1. The Kier molecular flexibility index (Phi) is 5.11. The Morgan fingerprint density at radius 3 is 2.58 bits per heavy atom. The first kappa shape index (κ1) is 15.2. The molecule has 106 valence electrons. The van der Waals surface area contributed by atoms with E-state index in [4.69, 9.17) is 9.47 Å².